The predicted octanol–water partition coefficient (Wildman–Crippen LogP) is 2.00. The molecule has 6 aromatic heterocycles. The Morgan fingerprint density at radius 1 is 0.825 bits per heavy atom. The number of carboxylic acid groups (broad SMARTS) is 1. The summed E-state index contributed by atoms with van der Waals surface area (Å²) in [6, 6.07) is 10.9. The van der Waals surface area contributed by atoms with E-state index in [1.807, 2.05) is 0 Å². The second-order valence-electron chi connectivity index (χ2n) is 23.6. The van der Waals surface area contributed by atoms with Crippen LogP contribution in [-0.4, -0.2) is 201 Å². The smallest absolute Gasteiger partial charge is 0.343 e. The lowest BCUT2D eigenvalue weighted by Gasteiger charge is -2.35. The molecule has 2 aliphatic rings. The highest BCUT2D eigenvalue weighted by atomic mass is 32.2. The van der Waals surface area contributed by atoms with Crippen LogP contribution in [0.1, 0.15) is 57.3 Å². The lowest BCUT2D eigenvalue weighted by molar-refractivity contribution is -0.172. The van der Waals surface area contributed by atoms with Gasteiger partial charge in [-0.2, -0.15) is 4.98 Å². The van der Waals surface area contributed by atoms with Gasteiger partial charge in [0.25, 0.3) is 22.9 Å². The lowest BCUT2D eigenvalue weighted by atomic mass is 9.86. The van der Waals surface area contributed by atoms with Crippen LogP contribution in [0.4, 0.5) is 11.6 Å². The second kappa shape index (κ2) is 31.9. The molecule has 2 atom stereocenters. The highest BCUT2D eigenvalue weighted by Gasteiger charge is 2.47. The van der Waals surface area contributed by atoms with Crippen molar-refractivity contribution >= 4 is 91.0 Å². The first-order chi connectivity index (χ1) is 46.6. The minimum absolute atomic E-state index is 0.00840. The number of cyclic esters (lactones) is 1. The summed E-state index contributed by atoms with van der Waals surface area (Å²) < 4.78 is 49.3. The van der Waals surface area contributed by atoms with Crippen molar-refractivity contribution in [1.82, 2.24) is 65.1 Å². The van der Waals surface area contributed by atoms with Gasteiger partial charge in [-0.3, -0.25) is 24.2 Å². The number of phenolic OH excluding ortho intramolecular Hbond substituents is 1. The number of rotatable bonds is 36. The van der Waals surface area contributed by atoms with Crippen molar-refractivity contribution in [3.8, 4) is 17.1 Å². The van der Waals surface area contributed by atoms with E-state index in [2.05, 4.69) is 82.4 Å². The van der Waals surface area contributed by atoms with Crippen molar-refractivity contribution in [3.05, 3.63) is 133 Å². The average molecular weight is 1390 g/mol. The summed E-state index contributed by atoms with van der Waals surface area (Å²) in [6.07, 6.45) is 6.80. The molecular formula is C62H75N15O17SSi2. The van der Waals surface area contributed by atoms with Crippen LogP contribution in [0.2, 0.25) is 26.2 Å². The van der Waals surface area contributed by atoms with Gasteiger partial charge >= 0.3 is 11.9 Å². The van der Waals surface area contributed by atoms with Crippen molar-refractivity contribution in [2.75, 3.05) is 95.6 Å². The molecule has 1 unspecified atom stereocenters. The van der Waals surface area contributed by atoms with Crippen molar-refractivity contribution in [3.63, 3.8) is 0 Å². The molecule has 35 heteroatoms. The summed E-state index contributed by atoms with van der Waals surface area (Å²) in [7, 11) is -5.37. The fraction of sp³-hybridized carbons (Fsp3) is 0.419. The van der Waals surface area contributed by atoms with Crippen LogP contribution >= 0.6 is 11.8 Å². The number of phenols is 1. The highest BCUT2D eigenvalue weighted by Crippen LogP contribution is 2.40. The van der Waals surface area contributed by atoms with E-state index in [0.29, 0.717) is 104 Å². The first-order valence-electron chi connectivity index (χ1n) is 31.1. The van der Waals surface area contributed by atoms with E-state index in [9.17, 15) is 44.1 Å². The fourth-order valence-corrected chi connectivity index (χ4v) is 21.6. The van der Waals surface area contributed by atoms with Crippen molar-refractivity contribution < 1.29 is 71.8 Å². The van der Waals surface area contributed by atoms with Crippen LogP contribution in [0.3, 0.4) is 0 Å². The number of thioether (sulfide) groups is 1. The molecule has 0 saturated carbocycles. The topological polar surface area (TPSA) is 428 Å². The Morgan fingerprint density at radius 2 is 1.49 bits per heavy atom. The summed E-state index contributed by atoms with van der Waals surface area (Å²) in [5.41, 5.74) is 8.47. The summed E-state index contributed by atoms with van der Waals surface area (Å²) >= 11 is 1.52. The SMILES string of the molecule is CC[C@@]1(O)C(=O)OCc2c1cc1n(c2=O)Cc2c-1nc1ccc(O)cc1c2[Si](C)(C)O[Si](C)(C)CSc1ncc(Cn2cc(COCCOCCOCCOCCOCCOCCNC(=O)C(NC(=O)c3ccc(NCc4cnc5nc(N)[nH]c(=O)c5n4)cc3)C(=O)O)nn2)cn1. The van der Waals surface area contributed by atoms with Crippen molar-refractivity contribution in [1.29, 1.82) is 0 Å². The summed E-state index contributed by atoms with van der Waals surface area (Å²) in [4.78, 5) is 105. The van der Waals surface area contributed by atoms with Gasteiger partial charge in [0.15, 0.2) is 30.2 Å². The molecule has 32 nitrogen and oxygen atoms in total. The number of H-pyrrole nitrogens is 1. The molecule has 9 N–H and O–H groups in total. The lowest BCUT2D eigenvalue weighted by Crippen LogP contribution is -2.55. The Kier molecular flexibility index (Phi) is 23.3. The Bertz CT molecular complexity index is 4280. The molecule has 10 rings (SSSR count). The van der Waals surface area contributed by atoms with Crippen molar-refractivity contribution in [2.24, 2.45) is 0 Å². The molecule has 2 amide bonds. The Hall–Kier alpha value is -9.02. The largest absolute Gasteiger partial charge is 0.508 e. The molecule has 2 aliphatic heterocycles. The second-order valence-corrected chi connectivity index (χ2v) is 33.3. The quantitative estimate of drug-likeness (QED) is 0.00695. The minimum atomic E-state index is -2.88. The first-order valence-corrected chi connectivity index (χ1v) is 38.1. The number of ether oxygens (including phenoxy) is 7. The van der Waals surface area contributed by atoms with Gasteiger partial charge in [-0.05, 0) is 86.3 Å². The number of carboxylic acids is 1. The van der Waals surface area contributed by atoms with Gasteiger partial charge in [0, 0.05) is 57.6 Å². The Balaban J connectivity index is 0.540. The number of carbonyl (C=O) groups is 4. The van der Waals surface area contributed by atoms with E-state index in [0.717, 1.165) is 21.7 Å². The predicted molar refractivity (Wildman–Crippen MR) is 356 cm³/mol. The molecule has 0 aliphatic carbocycles. The number of aromatic nitrogens is 11. The third kappa shape index (κ3) is 17.8. The number of nitrogens with two attached hydrogens (primary N) is 1. The van der Waals surface area contributed by atoms with E-state index in [-0.39, 0.29) is 104 Å². The standard InChI is InChI=1S/C62H75N15O17SSi2/c1-6-62(86)46-26-48-49-44(33-77(48)57(82)45(46)35-93-59(62)85)52(43-25-42(78)11-12-47(43)70-49)97(4,5)94-96(2,3)36-95-61-67-27-37(28-68-61)31-76-32-41(74-75-76)34-92-24-23-91-22-21-90-20-19-89-18-17-88-16-15-87-14-13-64-55(80)51(58(83)84)71-54(79)38-7-9-39(10-8-38)65-29-40-30-66-53-50(69-40)56(81)73-60(63)72-53/h7-12,25-28,30,32,51,65,78,86H,6,13-24,29,31,33-36H2,1-5H3,(H,64,80)(H,71,79)(H,83,84)(H3,63,66,72,73,81)/t51?,62-/m0/s1. The molecule has 0 radical (unpaired) electrons. The number of aromatic amines is 1. The van der Waals surface area contributed by atoms with Gasteiger partial charge < -0.3 is 78.8 Å². The van der Waals surface area contributed by atoms with Gasteiger partial charge in [0.2, 0.25) is 20.3 Å². The maximum absolute atomic E-state index is 14.1. The van der Waals surface area contributed by atoms with Crippen molar-refractivity contribution in [2.45, 2.75) is 89.2 Å². The van der Waals surface area contributed by atoms with E-state index in [1.165, 1.54) is 30.1 Å². The maximum Gasteiger partial charge on any atom is 0.343 e. The number of benzene rings is 2. The number of hydrogen-bond donors (Lipinski definition) is 8. The van der Waals surface area contributed by atoms with E-state index in [4.69, 9.17) is 48.0 Å². The molecule has 0 spiro atoms. The number of aliphatic carboxylic acids is 1. The number of amides is 2. The molecule has 0 saturated heterocycles. The zero-order valence-corrected chi connectivity index (χ0v) is 56.8. The van der Waals surface area contributed by atoms with Crippen LogP contribution in [-0.2, 0) is 90.1 Å². The van der Waals surface area contributed by atoms with E-state index in [1.54, 1.807) is 71.2 Å². The van der Waals surface area contributed by atoms with E-state index >= 15 is 0 Å². The molecule has 97 heavy (non-hydrogen) atoms. The van der Waals surface area contributed by atoms with Gasteiger partial charge in [-0.25, -0.2) is 39.2 Å². The number of hydrogen-bond acceptors (Lipinski definition) is 27. The zero-order chi connectivity index (χ0) is 68.9. The molecular weight excluding hydrogens is 1320 g/mol. The molecule has 8 heterocycles. The number of aliphatic hydroxyl groups is 1. The minimum Gasteiger partial charge on any atom is -0.508 e. The van der Waals surface area contributed by atoms with Gasteiger partial charge in [0.05, 0.1) is 139 Å². The summed E-state index contributed by atoms with van der Waals surface area (Å²) in [5.74, 6) is -4.02. The highest BCUT2D eigenvalue weighted by molar-refractivity contribution is 8.00. The van der Waals surface area contributed by atoms with Crippen LogP contribution in [0.25, 0.3) is 33.5 Å². The van der Waals surface area contributed by atoms with Gasteiger partial charge in [0.1, 0.15) is 18.1 Å². The molecule has 8 aromatic rings. The summed E-state index contributed by atoms with van der Waals surface area (Å²) in [5, 5.41) is 50.9. The molecule has 0 bridgehead atoms. The number of nitrogen functional groups attached to an aromatic ring is 1. The number of fused-ring (bicyclic) bond motifs is 6. The van der Waals surface area contributed by atoms with Gasteiger partial charge in [-0.1, -0.05) is 23.9 Å². The van der Waals surface area contributed by atoms with Crippen LogP contribution in [0, 0.1) is 0 Å². The third-order valence-electron chi connectivity index (χ3n) is 15.5. The Morgan fingerprint density at radius 3 is 2.16 bits per heavy atom. The normalized spacial score (nSPS) is 14.6. The number of esters is 1. The number of nitrogens with zero attached hydrogens (tertiary/aromatic N) is 10. The molecule has 2 aromatic carbocycles. The van der Waals surface area contributed by atoms with Crippen LogP contribution < -0.4 is 38.0 Å². The van der Waals surface area contributed by atoms with Gasteiger partial charge in [-0.15, -0.1) is 5.10 Å². The number of nitrogens with one attached hydrogen (secondary N) is 4. The van der Waals surface area contributed by atoms with Crippen LogP contribution in [0.15, 0.2) is 88.1 Å². The number of aromatic hydroxyl groups is 1. The van der Waals surface area contributed by atoms with Crippen LogP contribution in [0.5, 0.6) is 5.75 Å². The number of pyridine rings is 2. The first kappa shape index (κ1) is 70.8. The zero-order valence-electron chi connectivity index (χ0n) is 54.0. The average Bonchev–Trinajstić information content (AvgIpc) is 1.61. The Labute approximate surface area is 560 Å². The maximum atomic E-state index is 14.1. The number of anilines is 2. The van der Waals surface area contributed by atoms with E-state index < -0.39 is 57.6 Å². The fourth-order valence-electron chi connectivity index (χ4n) is 11.0. The third-order valence-corrected chi connectivity index (χ3v) is 25.4. The summed E-state index contributed by atoms with van der Waals surface area (Å²) in [6.45, 7) is 14.4. The monoisotopic (exact) mass is 1390 g/mol. The molecule has 514 valence electrons. The molecule has 0 fully saturated rings. The number of carbonyl (C=O) groups excluding carboxylic acids is 3.